The first-order valence-corrected chi connectivity index (χ1v) is 5.93. The molecule has 0 aromatic carbocycles. The van der Waals surface area contributed by atoms with Crippen LogP contribution in [0.1, 0.15) is 5.69 Å². The van der Waals surface area contributed by atoms with Gasteiger partial charge in [0.25, 0.3) is 0 Å². The van der Waals surface area contributed by atoms with Crippen molar-refractivity contribution in [3.63, 3.8) is 0 Å². The maximum absolute atomic E-state index is 5.91. The molecule has 0 aliphatic heterocycles. The van der Waals surface area contributed by atoms with Crippen LogP contribution < -0.4 is 5.73 Å². The standard InChI is InChI=1S/C13H14N6/c1-18-10(4-6-17-18)8-19-9-15-7-12(19)11-3-2-5-16-13(11)14/h2-7,9H,8H2,1H3,(H2,14,16). The van der Waals surface area contributed by atoms with Crippen LogP contribution in [0.15, 0.2) is 43.1 Å². The van der Waals surface area contributed by atoms with E-state index in [1.54, 1.807) is 24.9 Å². The van der Waals surface area contributed by atoms with E-state index in [1.807, 2.05) is 34.5 Å². The fourth-order valence-corrected chi connectivity index (χ4v) is 2.04. The molecular weight excluding hydrogens is 240 g/mol. The maximum atomic E-state index is 5.91. The molecule has 0 amide bonds. The third-order valence-corrected chi connectivity index (χ3v) is 3.08. The van der Waals surface area contributed by atoms with E-state index >= 15 is 0 Å². The van der Waals surface area contributed by atoms with Gasteiger partial charge in [-0.25, -0.2) is 9.97 Å². The van der Waals surface area contributed by atoms with Gasteiger partial charge in [0.1, 0.15) is 5.82 Å². The van der Waals surface area contributed by atoms with E-state index in [0.29, 0.717) is 12.4 Å². The molecule has 6 nitrogen and oxygen atoms in total. The van der Waals surface area contributed by atoms with E-state index in [2.05, 4.69) is 15.1 Å². The Morgan fingerprint density at radius 1 is 1.26 bits per heavy atom. The van der Waals surface area contributed by atoms with E-state index in [4.69, 9.17) is 5.73 Å². The minimum absolute atomic E-state index is 0.509. The molecule has 0 aliphatic rings. The van der Waals surface area contributed by atoms with Gasteiger partial charge in [-0.2, -0.15) is 5.10 Å². The van der Waals surface area contributed by atoms with Crippen LogP contribution in [0.25, 0.3) is 11.3 Å². The van der Waals surface area contributed by atoms with Gasteiger partial charge in [-0.3, -0.25) is 4.68 Å². The number of rotatable bonds is 3. The second-order valence-corrected chi connectivity index (χ2v) is 4.29. The van der Waals surface area contributed by atoms with Crippen molar-refractivity contribution in [2.75, 3.05) is 5.73 Å². The van der Waals surface area contributed by atoms with Crippen LogP contribution in [0.4, 0.5) is 5.82 Å². The lowest BCUT2D eigenvalue weighted by Gasteiger charge is -2.09. The monoisotopic (exact) mass is 254 g/mol. The van der Waals surface area contributed by atoms with Crippen molar-refractivity contribution in [2.45, 2.75) is 6.54 Å². The molecule has 0 atom stereocenters. The van der Waals surface area contributed by atoms with Crippen LogP contribution >= 0.6 is 0 Å². The van der Waals surface area contributed by atoms with Crippen LogP contribution in [0.3, 0.4) is 0 Å². The predicted molar refractivity (Wildman–Crippen MR) is 72.2 cm³/mol. The van der Waals surface area contributed by atoms with Crippen molar-refractivity contribution in [1.29, 1.82) is 0 Å². The van der Waals surface area contributed by atoms with Crippen LogP contribution in [-0.2, 0) is 13.6 Å². The van der Waals surface area contributed by atoms with E-state index in [0.717, 1.165) is 17.0 Å². The number of imidazole rings is 1. The summed E-state index contributed by atoms with van der Waals surface area (Å²) < 4.78 is 3.88. The second kappa shape index (κ2) is 4.56. The first kappa shape index (κ1) is 11.5. The van der Waals surface area contributed by atoms with Gasteiger partial charge < -0.3 is 10.3 Å². The number of nitrogens with two attached hydrogens (primary N) is 1. The minimum atomic E-state index is 0.509. The zero-order valence-corrected chi connectivity index (χ0v) is 10.6. The molecule has 0 aliphatic carbocycles. The number of nitrogens with zero attached hydrogens (tertiary/aromatic N) is 5. The first-order chi connectivity index (χ1) is 9.25. The summed E-state index contributed by atoms with van der Waals surface area (Å²) in [5, 5.41) is 4.16. The number of aromatic nitrogens is 5. The highest BCUT2D eigenvalue weighted by molar-refractivity contribution is 5.70. The Hall–Kier alpha value is -2.63. The topological polar surface area (TPSA) is 74.5 Å². The van der Waals surface area contributed by atoms with Gasteiger partial charge in [-0.05, 0) is 18.2 Å². The van der Waals surface area contributed by atoms with E-state index in [9.17, 15) is 0 Å². The highest BCUT2D eigenvalue weighted by Gasteiger charge is 2.10. The zero-order valence-electron chi connectivity index (χ0n) is 10.6. The number of pyridine rings is 1. The number of anilines is 1. The molecule has 0 spiro atoms. The van der Waals surface area contributed by atoms with E-state index in [1.165, 1.54) is 0 Å². The summed E-state index contributed by atoms with van der Waals surface area (Å²) in [5.74, 6) is 0.509. The molecule has 0 saturated carbocycles. The van der Waals surface area contributed by atoms with Crippen LogP contribution in [0.2, 0.25) is 0 Å². The van der Waals surface area contributed by atoms with Crippen molar-refractivity contribution < 1.29 is 0 Å². The van der Waals surface area contributed by atoms with Crippen molar-refractivity contribution in [1.82, 2.24) is 24.3 Å². The molecule has 0 unspecified atom stereocenters. The van der Waals surface area contributed by atoms with Gasteiger partial charge in [0.15, 0.2) is 0 Å². The molecule has 0 fully saturated rings. The summed E-state index contributed by atoms with van der Waals surface area (Å²) in [6.07, 6.45) is 7.05. The Kier molecular flexibility index (Phi) is 2.75. The van der Waals surface area contributed by atoms with Crippen LogP contribution in [-0.4, -0.2) is 24.3 Å². The number of hydrogen-bond donors (Lipinski definition) is 1. The summed E-state index contributed by atoms with van der Waals surface area (Å²) in [6, 6.07) is 5.79. The molecule has 0 bridgehead atoms. The van der Waals surface area contributed by atoms with Gasteiger partial charge in [-0.1, -0.05) is 0 Å². The Morgan fingerprint density at radius 2 is 2.16 bits per heavy atom. The van der Waals surface area contributed by atoms with Gasteiger partial charge in [0.05, 0.1) is 30.5 Å². The molecule has 0 radical (unpaired) electrons. The third-order valence-electron chi connectivity index (χ3n) is 3.08. The van der Waals surface area contributed by atoms with Crippen molar-refractivity contribution in [3.8, 4) is 11.3 Å². The summed E-state index contributed by atoms with van der Waals surface area (Å²) in [6.45, 7) is 0.695. The normalized spacial score (nSPS) is 10.8. The average molecular weight is 254 g/mol. The number of hydrogen-bond acceptors (Lipinski definition) is 4. The quantitative estimate of drug-likeness (QED) is 0.764. The lowest BCUT2D eigenvalue weighted by atomic mass is 10.2. The fraction of sp³-hybridized carbons (Fsp3) is 0.154. The molecule has 3 aromatic heterocycles. The second-order valence-electron chi connectivity index (χ2n) is 4.29. The number of nitrogen functional groups attached to an aromatic ring is 1. The zero-order chi connectivity index (χ0) is 13.2. The van der Waals surface area contributed by atoms with Gasteiger partial charge in [0.2, 0.25) is 0 Å². The number of aryl methyl sites for hydroxylation is 1. The molecule has 3 heterocycles. The van der Waals surface area contributed by atoms with Crippen molar-refractivity contribution in [3.05, 3.63) is 48.8 Å². The highest BCUT2D eigenvalue weighted by atomic mass is 15.3. The smallest absolute Gasteiger partial charge is 0.132 e. The van der Waals surface area contributed by atoms with Crippen LogP contribution in [0.5, 0.6) is 0 Å². The molecule has 96 valence electrons. The maximum Gasteiger partial charge on any atom is 0.132 e. The summed E-state index contributed by atoms with van der Waals surface area (Å²) in [7, 11) is 1.92. The first-order valence-electron chi connectivity index (χ1n) is 5.93. The van der Waals surface area contributed by atoms with Crippen molar-refractivity contribution in [2.24, 2.45) is 7.05 Å². The highest BCUT2D eigenvalue weighted by Crippen LogP contribution is 2.23. The molecular formula is C13H14N6. The minimum Gasteiger partial charge on any atom is -0.383 e. The Morgan fingerprint density at radius 3 is 2.89 bits per heavy atom. The summed E-state index contributed by atoms with van der Waals surface area (Å²) in [5.41, 5.74) is 8.85. The summed E-state index contributed by atoms with van der Waals surface area (Å²) in [4.78, 5) is 8.31. The SMILES string of the molecule is Cn1nccc1Cn1cncc1-c1cccnc1N. The fourth-order valence-electron chi connectivity index (χ4n) is 2.04. The van der Waals surface area contributed by atoms with Gasteiger partial charge >= 0.3 is 0 Å². The molecule has 0 saturated heterocycles. The summed E-state index contributed by atoms with van der Waals surface area (Å²) >= 11 is 0. The van der Waals surface area contributed by atoms with Crippen molar-refractivity contribution >= 4 is 5.82 Å². The average Bonchev–Trinajstić information content (AvgIpc) is 3.01. The van der Waals surface area contributed by atoms with Gasteiger partial charge in [0, 0.05) is 25.0 Å². The lowest BCUT2D eigenvalue weighted by Crippen LogP contribution is -2.06. The van der Waals surface area contributed by atoms with Gasteiger partial charge in [-0.15, -0.1) is 0 Å². The lowest BCUT2D eigenvalue weighted by molar-refractivity contribution is 0.669. The van der Waals surface area contributed by atoms with E-state index < -0.39 is 0 Å². The Labute approximate surface area is 110 Å². The molecule has 2 N–H and O–H groups in total. The third kappa shape index (κ3) is 2.08. The van der Waals surface area contributed by atoms with Crippen LogP contribution in [0, 0.1) is 0 Å². The molecule has 3 rings (SSSR count). The molecule has 3 aromatic rings. The Bertz CT molecular complexity index is 696. The predicted octanol–water partition coefficient (Wildman–Crippen LogP) is 1.31. The molecule has 6 heteroatoms. The van der Waals surface area contributed by atoms with E-state index in [-0.39, 0.29) is 0 Å². The Balaban J connectivity index is 2.00. The largest absolute Gasteiger partial charge is 0.383 e. The molecule has 19 heavy (non-hydrogen) atoms.